The largest absolute Gasteiger partial charge is 0.333 e. The second-order valence-electron chi connectivity index (χ2n) is 5.61. The molecule has 114 valence electrons. The molecule has 0 aromatic carbocycles. The fourth-order valence-electron chi connectivity index (χ4n) is 3.48. The zero-order valence-electron chi connectivity index (χ0n) is 11.5. The number of hydrogen-bond donors (Lipinski definition) is 0. The van der Waals surface area contributed by atoms with Gasteiger partial charge >= 0.3 is 6.55 Å². The SMILES string of the molecule is O=C1CCN(C(=O)c2ccnn2C(F)F)[C@H]2CCCC[C@H]12. The molecular formula is C14H17F2N3O2. The quantitative estimate of drug-likeness (QED) is 0.841. The number of Topliss-reactive ketones (excluding diaryl/α,β-unsaturated/α-hetero) is 1. The molecule has 1 saturated heterocycles. The average Bonchev–Trinajstić information content (AvgIpc) is 2.97. The number of piperidine rings is 1. The van der Waals surface area contributed by atoms with Crippen molar-refractivity contribution in [2.75, 3.05) is 6.54 Å². The zero-order chi connectivity index (χ0) is 15.0. The Balaban J connectivity index is 1.86. The Labute approximate surface area is 120 Å². The highest BCUT2D eigenvalue weighted by molar-refractivity contribution is 5.94. The van der Waals surface area contributed by atoms with E-state index >= 15 is 0 Å². The van der Waals surface area contributed by atoms with Crippen LogP contribution in [-0.4, -0.2) is 39.0 Å². The molecule has 0 unspecified atom stereocenters. The van der Waals surface area contributed by atoms with Gasteiger partial charge in [-0.15, -0.1) is 0 Å². The summed E-state index contributed by atoms with van der Waals surface area (Å²) in [7, 11) is 0. The number of ketones is 1. The molecule has 1 aromatic heterocycles. The third kappa shape index (κ3) is 2.45. The first-order chi connectivity index (χ1) is 10.1. The number of carbonyl (C=O) groups excluding carboxylic acids is 2. The van der Waals surface area contributed by atoms with Gasteiger partial charge in [0.05, 0.1) is 0 Å². The lowest BCUT2D eigenvalue weighted by Crippen LogP contribution is -2.53. The Bertz CT molecular complexity index is 558. The van der Waals surface area contributed by atoms with E-state index in [9.17, 15) is 18.4 Å². The van der Waals surface area contributed by atoms with Crippen molar-refractivity contribution in [3.8, 4) is 0 Å². The van der Waals surface area contributed by atoms with E-state index in [1.54, 1.807) is 4.90 Å². The number of halogens is 2. The fourth-order valence-corrected chi connectivity index (χ4v) is 3.48. The predicted octanol–water partition coefficient (Wildman–Crippen LogP) is 2.25. The van der Waals surface area contributed by atoms with Crippen molar-refractivity contribution >= 4 is 11.7 Å². The molecule has 1 saturated carbocycles. The molecule has 2 heterocycles. The summed E-state index contributed by atoms with van der Waals surface area (Å²) < 4.78 is 26.2. The van der Waals surface area contributed by atoms with E-state index in [0.717, 1.165) is 25.7 Å². The van der Waals surface area contributed by atoms with Crippen LogP contribution in [0.15, 0.2) is 12.3 Å². The van der Waals surface area contributed by atoms with Crippen LogP contribution in [0.1, 0.15) is 49.1 Å². The number of alkyl halides is 2. The van der Waals surface area contributed by atoms with Gasteiger partial charge in [0.25, 0.3) is 5.91 Å². The molecule has 1 aromatic rings. The van der Waals surface area contributed by atoms with Crippen molar-refractivity contribution < 1.29 is 18.4 Å². The maximum Gasteiger partial charge on any atom is 0.333 e. The second-order valence-corrected chi connectivity index (χ2v) is 5.61. The minimum absolute atomic E-state index is 0.108. The summed E-state index contributed by atoms with van der Waals surface area (Å²) in [5, 5.41) is 3.50. The van der Waals surface area contributed by atoms with Gasteiger partial charge in [0, 0.05) is 31.1 Å². The molecule has 7 heteroatoms. The molecule has 2 fully saturated rings. The summed E-state index contributed by atoms with van der Waals surface area (Å²) in [6, 6.07) is 1.16. The standard InChI is InChI=1S/C14H17F2N3O2/c15-14(16)19-11(5-7-17-19)13(21)18-8-6-12(20)9-3-1-2-4-10(9)18/h5,7,9-10,14H,1-4,6,8H2/t9-,10-/m0/s1. The molecule has 3 rings (SSSR count). The second kappa shape index (κ2) is 5.54. The van der Waals surface area contributed by atoms with Gasteiger partial charge in [0.1, 0.15) is 11.5 Å². The Hall–Kier alpha value is -1.79. The predicted molar refractivity (Wildman–Crippen MR) is 69.9 cm³/mol. The number of aromatic nitrogens is 2. The molecule has 2 aliphatic rings. The minimum Gasteiger partial charge on any atom is -0.333 e. The number of rotatable bonds is 2. The van der Waals surface area contributed by atoms with Crippen LogP contribution in [0.3, 0.4) is 0 Å². The van der Waals surface area contributed by atoms with Crippen LogP contribution < -0.4 is 0 Å². The number of likely N-dealkylation sites (tertiary alicyclic amines) is 1. The third-order valence-electron chi connectivity index (χ3n) is 4.48. The molecule has 5 nitrogen and oxygen atoms in total. The summed E-state index contributed by atoms with van der Waals surface area (Å²) >= 11 is 0. The molecule has 21 heavy (non-hydrogen) atoms. The van der Waals surface area contributed by atoms with Crippen molar-refractivity contribution in [1.29, 1.82) is 0 Å². The van der Waals surface area contributed by atoms with Crippen LogP contribution in [0.2, 0.25) is 0 Å². The summed E-state index contributed by atoms with van der Waals surface area (Å²) in [4.78, 5) is 26.1. The van der Waals surface area contributed by atoms with Gasteiger partial charge in [-0.3, -0.25) is 9.59 Å². The first kappa shape index (κ1) is 14.2. The van der Waals surface area contributed by atoms with Gasteiger partial charge in [-0.1, -0.05) is 12.8 Å². The van der Waals surface area contributed by atoms with Crippen molar-refractivity contribution in [3.05, 3.63) is 18.0 Å². The summed E-state index contributed by atoms with van der Waals surface area (Å²) in [6.45, 7) is -2.53. The monoisotopic (exact) mass is 297 g/mol. The van der Waals surface area contributed by atoms with Crippen LogP contribution in [0.5, 0.6) is 0 Å². The lowest BCUT2D eigenvalue weighted by atomic mass is 9.77. The van der Waals surface area contributed by atoms with Crippen LogP contribution in [0.4, 0.5) is 8.78 Å². The van der Waals surface area contributed by atoms with E-state index in [4.69, 9.17) is 0 Å². The van der Waals surface area contributed by atoms with E-state index in [0.29, 0.717) is 17.6 Å². The Morgan fingerprint density at radius 1 is 1.33 bits per heavy atom. The minimum atomic E-state index is -2.84. The van der Waals surface area contributed by atoms with Gasteiger partial charge in [-0.2, -0.15) is 18.6 Å². The molecule has 0 N–H and O–H groups in total. The van der Waals surface area contributed by atoms with Crippen LogP contribution in [0, 0.1) is 5.92 Å². The van der Waals surface area contributed by atoms with Gasteiger partial charge in [0.15, 0.2) is 0 Å². The number of nitrogens with zero attached hydrogens (tertiary/aromatic N) is 3. The van der Waals surface area contributed by atoms with E-state index in [1.165, 1.54) is 12.3 Å². The Kier molecular flexibility index (Phi) is 3.73. The Morgan fingerprint density at radius 2 is 2.10 bits per heavy atom. The van der Waals surface area contributed by atoms with Crippen molar-refractivity contribution in [2.45, 2.75) is 44.7 Å². The maximum absolute atomic E-state index is 12.9. The highest BCUT2D eigenvalue weighted by Crippen LogP contribution is 2.34. The number of amides is 1. The first-order valence-electron chi connectivity index (χ1n) is 7.25. The smallest absolute Gasteiger partial charge is 0.333 e. The molecule has 1 amide bonds. The Morgan fingerprint density at radius 3 is 2.86 bits per heavy atom. The normalized spacial score (nSPS) is 26.0. The topological polar surface area (TPSA) is 55.2 Å². The molecule has 0 spiro atoms. The molecule has 1 aliphatic carbocycles. The molecular weight excluding hydrogens is 280 g/mol. The van der Waals surface area contributed by atoms with E-state index in [-0.39, 0.29) is 23.4 Å². The van der Waals surface area contributed by atoms with Crippen LogP contribution in [-0.2, 0) is 4.79 Å². The number of hydrogen-bond acceptors (Lipinski definition) is 3. The van der Waals surface area contributed by atoms with E-state index < -0.39 is 12.5 Å². The molecule has 0 bridgehead atoms. The van der Waals surface area contributed by atoms with Gasteiger partial charge < -0.3 is 4.90 Å². The molecule has 1 aliphatic heterocycles. The highest BCUT2D eigenvalue weighted by Gasteiger charge is 2.41. The third-order valence-corrected chi connectivity index (χ3v) is 4.48. The summed E-state index contributed by atoms with van der Waals surface area (Å²) in [6.07, 6.45) is 5.03. The van der Waals surface area contributed by atoms with E-state index in [2.05, 4.69) is 5.10 Å². The average molecular weight is 297 g/mol. The van der Waals surface area contributed by atoms with Crippen molar-refractivity contribution in [1.82, 2.24) is 14.7 Å². The lowest BCUT2D eigenvalue weighted by molar-refractivity contribution is -0.129. The molecule has 2 atom stereocenters. The maximum atomic E-state index is 12.9. The lowest BCUT2D eigenvalue weighted by Gasteiger charge is -2.43. The van der Waals surface area contributed by atoms with Gasteiger partial charge in [-0.05, 0) is 18.9 Å². The van der Waals surface area contributed by atoms with Crippen molar-refractivity contribution in [3.63, 3.8) is 0 Å². The van der Waals surface area contributed by atoms with Gasteiger partial charge in [-0.25, -0.2) is 0 Å². The highest BCUT2D eigenvalue weighted by atomic mass is 19.3. The first-order valence-corrected chi connectivity index (χ1v) is 7.25. The van der Waals surface area contributed by atoms with Gasteiger partial charge in [0.2, 0.25) is 0 Å². The summed E-state index contributed by atoms with van der Waals surface area (Å²) in [5.41, 5.74) is -0.108. The van der Waals surface area contributed by atoms with Crippen LogP contribution >= 0.6 is 0 Å². The fraction of sp³-hybridized carbons (Fsp3) is 0.643. The zero-order valence-corrected chi connectivity index (χ0v) is 11.5. The summed E-state index contributed by atoms with van der Waals surface area (Å²) in [5.74, 6) is -0.373. The van der Waals surface area contributed by atoms with Crippen LogP contribution in [0.25, 0.3) is 0 Å². The number of fused-ring (bicyclic) bond motifs is 1. The number of carbonyl (C=O) groups is 2. The molecule has 0 radical (unpaired) electrons. The van der Waals surface area contributed by atoms with Crippen molar-refractivity contribution in [2.24, 2.45) is 5.92 Å². The van der Waals surface area contributed by atoms with E-state index in [1.807, 2.05) is 0 Å².